The van der Waals surface area contributed by atoms with Crippen LogP contribution in [0.3, 0.4) is 0 Å². The number of alkyl halides is 3. The third-order valence-electron chi connectivity index (χ3n) is 4.76. The van der Waals surface area contributed by atoms with Crippen molar-refractivity contribution in [3.63, 3.8) is 0 Å². The maximum Gasteiger partial charge on any atom is 0.573 e. The van der Waals surface area contributed by atoms with Gasteiger partial charge in [0, 0.05) is 18.2 Å². The second-order valence-corrected chi connectivity index (χ2v) is 7.03. The minimum absolute atomic E-state index is 0.189. The molecule has 1 saturated carbocycles. The van der Waals surface area contributed by atoms with Crippen molar-refractivity contribution in [2.75, 3.05) is 6.54 Å². The van der Waals surface area contributed by atoms with Crippen LogP contribution in [-0.2, 0) is 6.42 Å². The van der Waals surface area contributed by atoms with E-state index < -0.39 is 6.36 Å². The topological polar surface area (TPSA) is 60.2 Å². The number of hydrogen-bond acceptors (Lipinski definition) is 4. The van der Waals surface area contributed by atoms with Gasteiger partial charge in [0.05, 0.1) is 6.20 Å². The number of nitrogens with zero attached hydrogens (tertiary/aromatic N) is 4. The summed E-state index contributed by atoms with van der Waals surface area (Å²) in [5, 5.41) is 8.29. The van der Waals surface area contributed by atoms with Crippen molar-refractivity contribution in [1.29, 1.82) is 0 Å². The van der Waals surface area contributed by atoms with Gasteiger partial charge in [0.2, 0.25) is 0 Å². The summed E-state index contributed by atoms with van der Waals surface area (Å²) in [5.41, 5.74) is 2.07. The molecule has 0 saturated heterocycles. The van der Waals surface area contributed by atoms with Gasteiger partial charge in [-0.25, -0.2) is 4.79 Å². The van der Waals surface area contributed by atoms with Gasteiger partial charge in [-0.2, -0.15) is 5.10 Å². The van der Waals surface area contributed by atoms with Crippen LogP contribution in [-0.4, -0.2) is 44.9 Å². The Morgan fingerprint density at radius 1 is 1.10 bits per heavy atom. The van der Waals surface area contributed by atoms with Crippen LogP contribution in [0.2, 0.25) is 0 Å². The number of rotatable bonds is 6. The van der Waals surface area contributed by atoms with Gasteiger partial charge in [0.15, 0.2) is 0 Å². The first-order valence-electron chi connectivity index (χ1n) is 9.52. The average Bonchev–Trinajstić information content (AvgIpc) is 3.43. The highest BCUT2D eigenvalue weighted by Crippen LogP contribution is 2.28. The summed E-state index contributed by atoms with van der Waals surface area (Å²) in [5.74, 6) is -0.324. The average molecular weight is 416 g/mol. The van der Waals surface area contributed by atoms with Crippen molar-refractivity contribution < 1.29 is 22.7 Å². The molecule has 156 valence electrons. The predicted molar refractivity (Wildman–Crippen MR) is 103 cm³/mol. The van der Waals surface area contributed by atoms with Gasteiger partial charge in [-0.1, -0.05) is 35.1 Å². The Bertz CT molecular complexity index is 999. The lowest BCUT2D eigenvalue weighted by Gasteiger charge is -2.21. The maximum atomic E-state index is 12.9. The molecule has 6 nitrogen and oxygen atoms in total. The zero-order valence-corrected chi connectivity index (χ0v) is 15.9. The van der Waals surface area contributed by atoms with E-state index in [1.807, 2.05) is 30.3 Å². The summed E-state index contributed by atoms with van der Waals surface area (Å²) >= 11 is 0. The summed E-state index contributed by atoms with van der Waals surface area (Å²) in [6.07, 6.45) is -0.689. The molecule has 0 bridgehead atoms. The van der Waals surface area contributed by atoms with E-state index in [4.69, 9.17) is 0 Å². The van der Waals surface area contributed by atoms with Gasteiger partial charge < -0.3 is 9.64 Å². The summed E-state index contributed by atoms with van der Waals surface area (Å²) in [4.78, 5) is 15.7. The van der Waals surface area contributed by atoms with Crippen LogP contribution in [0, 0.1) is 0 Å². The summed E-state index contributed by atoms with van der Waals surface area (Å²) < 4.78 is 40.7. The van der Waals surface area contributed by atoms with Crippen molar-refractivity contribution in [3.8, 4) is 17.0 Å². The molecule has 1 aliphatic carbocycles. The van der Waals surface area contributed by atoms with Gasteiger partial charge in [-0.15, -0.1) is 18.3 Å². The van der Waals surface area contributed by atoms with E-state index in [1.54, 1.807) is 4.90 Å². The Morgan fingerprint density at radius 3 is 2.43 bits per heavy atom. The molecule has 30 heavy (non-hydrogen) atoms. The van der Waals surface area contributed by atoms with Gasteiger partial charge >= 0.3 is 12.4 Å². The standard InChI is InChI=1S/C21H19F3N4O2/c22-21(23,24)30-18-10-6-16(7-11-18)19-14-25-28(26-19)20(29)27(17-8-9-17)13-12-15-4-2-1-3-5-15/h1-7,10-11,14,17H,8-9,12-13H2. The number of carbonyl (C=O) groups excluding carboxylic acids is 1. The number of carbonyl (C=O) groups is 1. The predicted octanol–water partition coefficient (Wildman–Crippen LogP) is 4.52. The number of ether oxygens (including phenoxy) is 1. The molecule has 0 atom stereocenters. The van der Waals surface area contributed by atoms with E-state index in [0.29, 0.717) is 17.8 Å². The summed E-state index contributed by atoms with van der Waals surface area (Å²) in [6, 6.07) is 15.1. The molecule has 1 fully saturated rings. The van der Waals surface area contributed by atoms with Crippen molar-refractivity contribution >= 4 is 6.03 Å². The molecular formula is C21H19F3N4O2. The zero-order chi connectivity index (χ0) is 21.1. The Kier molecular flexibility index (Phi) is 5.43. The highest BCUT2D eigenvalue weighted by atomic mass is 19.4. The van der Waals surface area contributed by atoms with Crippen molar-refractivity contribution in [2.24, 2.45) is 0 Å². The zero-order valence-electron chi connectivity index (χ0n) is 15.9. The number of aromatic nitrogens is 3. The molecule has 1 amide bonds. The second-order valence-electron chi connectivity index (χ2n) is 7.03. The number of halogens is 3. The number of amides is 1. The summed E-state index contributed by atoms with van der Waals surface area (Å²) in [7, 11) is 0. The highest BCUT2D eigenvalue weighted by molar-refractivity contribution is 5.76. The molecule has 0 spiro atoms. The molecule has 2 aromatic carbocycles. The van der Waals surface area contributed by atoms with Crippen LogP contribution < -0.4 is 4.74 Å². The van der Waals surface area contributed by atoms with Gasteiger partial charge in [-0.05, 0) is 49.1 Å². The summed E-state index contributed by atoms with van der Waals surface area (Å²) in [6.45, 7) is 0.563. The normalized spacial score (nSPS) is 13.8. The van der Waals surface area contributed by atoms with E-state index in [9.17, 15) is 18.0 Å². The highest BCUT2D eigenvalue weighted by Gasteiger charge is 2.34. The van der Waals surface area contributed by atoms with Crippen molar-refractivity contribution in [3.05, 3.63) is 66.4 Å². The van der Waals surface area contributed by atoms with Gasteiger partial charge in [0.1, 0.15) is 11.4 Å². The number of hydrogen-bond donors (Lipinski definition) is 0. The SMILES string of the molecule is O=C(N(CCc1ccccc1)C1CC1)n1ncc(-c2ccc(OC(F)(F)F)cc2)n1. The fraction of sp³-hybridized carbons (Fsp3) is 0.286. The Hall–Kier alpha value is -3.36. The van der Waals surface area contributed by atoms with Crippen LogP contribution in [0.15, 0.2) is 60.8 Å². The second kappa shape index (κ2) is 8.17. The van der Waals surface area contributed by atoms with Gasteiger partial charge in [-0.3, -0.25) is 0 Å². The van der Waals surface area contributed by atoms with E-state index in [0.717, 1.165) is 29.6 Å². The number of benzene rings is 2. The monoisotopic (exact) mass is 416 g/mol. The van der Waals surface area contributed by atoms with Crippen LogP contribution in [0.25, 0.3) is 11.3 Å². The Balaban J connectivity index is 1.44. The third-order valence-corrected chi connectivity index (χ3v) is 4.76. The van der Waals surface area contributed by atoms with E-state index >= 15 is 0 Å². The van der Waals surface area contributed by atoms with Crippen LogP contribution >= 0.6 is 0 Å². The molecule has 9 heteroatoms. The molecule has 0 N–H and O–H groups in total. The molecule has 4 rings (SSSR count). The minimum atomic E-state index is -4.75. The largest absolute Gasteiger partial charge is 0.573 e. The Morgan fingerprint density at radius 2 is 1.80 bits per heavy atom. The quantitative estimate of drug-likeness (QED) is 0.593. The first kappa shape index (κ1) is 19.9. The first-order chi connectivity index (χ1) is 14.4. The maximum absolute atomic E-state index is 12.9. The smallest absolute Gasteiger partial charge is 0.406 e. The van der Waals surface area contributed by atoms with E-state index in [2.05, 4.69) is 14.9 Å². The molecule has 0 aliphatic heterocycles. The molecule has 3 aromatic rings. The van der Waals surface area contributed by atoms with Crippen LogP contribution in [0.5, 0.6) is 5.75 Å². The lowest BCUT2D eigenvalue weighted by Crippen LogP contribution is -2.39. The molecular weight excluding hydrogens is 397 g/mol. The third kappa shape index (κ3) is 4.97. The molecule has 1 aromatic heterocycles. The van der Waals surface area contributed by atoms with Crippen molar-refractivity contribution in [2.45, 2.75) is 31.7 Å². The van der Waals surface area contributed by atoms with Crippen LogP contribution in [0.1, 0.15) is 18.4 Å². The minimum Gasteiger partial charge on any atom is -0.406 e. The fourth-order valence-electron chi connectivity index (χ4n) is 3.14. The van der Waals surface area contributed by atoms with Crippen molar-refractivity contribution in [1.82, 2.24) is 19.9 Å². The van der Waals surface area contributed by atoms with E-state index in [-0.39, 0.29) is 17.8 Å². The molecule has 1 heterocycles. The first-order valence-corrected chi connectivity index (χ1v) is 9.52. The molecule has 0 radical (unpaired) electrons. The Labute approximate surface area is 170 Å². The van der Waals surface area contributed by atoms with Crippen LogP contribution in [0.4, 0.5) is 18.0 Å². The lowest BCUT2D eigenvalue weighted by atomic mass is 10.1. The molecule has 0 unspecified atom stereocenters. The molecule has 1 aliphatic rings. The van der Waals surface area contributed by atoms with E-state index in [1.165, 1.54) is 30.5 Å². The van der Waals surface area contributed by atoms with Gasteiger partial charge in [0.25, 0.3) is 0 Å². The lowest BCUT2D eigenvalue weighted by molar-refractivity contribution is -0.274. The fourth-order valence-corrected chi connectivity index (χ4v) is 3.14.